The molecule has 0 aliphatic heterocycles. The molecule has 0 aliphatic rings. The Morgan fingerprint density at radius 1 is 1.16 bits per heavy atom. The molecule has 6 heteroatoms. The number of hydrogen-bond acceptors (Lipinski definition) is 5. The molecule has 0 radical (unpaired) electrons. The van der Waals surface area contributed by atoms with Gasteiger partial charge in [-0.2, -0.15) is 0 Å². The van der Waals surface area contributed by atoms with Crippen molar-refractivity contribution in [3.8, 4) is 11.1 Å². The normalized spacial score (nSPS) is 11.3. The first-order valence-electron chi connectivity index (χ1n) is 7.94. The van der Waals surface area contributed by atoms with E-state index in [-0.39, 0.29) is 0 Å². The van der Waals surface area contributed by atoms with Crippen LogP contribution in [0.4, 0.5) is 5.69 Å². The molecule has 4 aromatic rings. The van der Waals surface area contributed by atoms with Gasteiger partial charge in [-0.15, -0.1) is 0 Å². The van der Waals surface area contributed by atoms with Crippen molar-refractivity contribution >= 4 is 16.8 Å². The minimum Gasteiger partial charge on any atom is -0.405 e. The number of benzene rings is 2. The van der Waals surface area contributed by atoms with Crippen LogP contribution in [0, 0.1) is 13.8 Å². The first-order valence-corrected chi connectivity index (χ1v) is 7.94. The van der Waals surface area contributed by atoms with Crippen LogP contribution in [0.2, 0.25) is 0 Å². The summed E-state index contributed by atoms with van der Waals surface area (Å²) in [5, 5.41) is 3.99. The van der Waals surface area contributed by atoms with Crippen LogP contribution < -0.4 is 11.5 Å². The molecule has 0 saturated carbocycles. The van der Waals surface area contributed by atoms with E-state index in [4.69, 9.17) is 14.7 Å². The third kappa shape index (κ3) is 2.52. The molecule has 0 fully saturated rings. The van der Waals surface area contributed by atoms with Crippen molar-refractivity contribution in [2.45, 2.75) is 20.4 Å². The van der Waals surface area contributed by atoms with Gasteiger partial charge in [0.05, 0.1) is 23.4 Å². The monoisotopic (exact) mass is 335 g/mol. The molecule has 0 atom stereocenters. The van der Waals surface area contributed by atoms with Gasteiger partial charge in [0.2, 0.25) is 0 Å². The largest absolute Gasteiger partial charge is 0.420 e. The number of fused-ring (bicyclic) bond motifs is 1. The summed E-state index contributed by atoms with van der Waals surface area (Å²) in [7, 11) is 0. The van der Waals surface area contributed by atoms with Crippen LogP contribution >= 0.6 is 0 Å². The van der Waals surface area contributed by atoms with Crippen LogP contribution in [0.5, 0.6) is 0 Å². The average molecular weight is 335 g/mol. The quantitative estimate of drug-likeness (QED) is 0.579. The molecule has 0 spiro atoms. The molecular formula is C19H17N3O3. The number of oxazole rings is 1. The lowest BCUT2D eigenvalue weighted by atomic mass is 10.0. The molecule has 6 nitrogen and oxygen atoms in total. The van der Waals surface area contributed by atoms with Gasteiger partial charge in [-0.25, -0.2) is 4.79 Å². The fourth-order valence-corrected chi connectivity index (χ4v) is 3.14. The maximum atomic E-state index is 12.3. The van der Waals surface area contributed by atoms with E-state index < -0.39 is 5.76 Å². The Bertz CT molecular complexity index is 1100. The van der Waals surface area contributed by atoms with E-state index >= 15 is 0 Å². The maximum absolute atomic E-state index is 12.3. The van der Waals surface area contributed by atoms with Crippen molar-refractivity contribution in [2.75, 3.05) is 5.73 Å². The molecule has 2 heterocycles. The summed E-state index contributed by atoms with van der Waals surface area (Å²) in [4.78, 5) is 12.3. The summed E-state index contributed by atoms with van der Waals surface area (Å²) in [6, 6.07) is 13.4. The van der Waals surface area contributed by atoms with Gasteiger partial charge in [-0.3, -0.25) is 4.57 Å². The van der Waals surface area contributed by atoms with E-state index in [1.54, 1.807) is 10.6 Å². The third-order valence-corrected chi connectivity index (χ3v) is 4.30. The van der Waals surface area contributed by atoms with Crippen LogP contribution in [0.15, 0.2) is 56.2 Å². The van der Waals surface area contributed by atoms with Crippen molar-refractivity contribution < 1.29 is 8.94 Å². The van der Waals surface area contributed by atoms with E-state index in [1.807, 2.05) is 50.2 Å². The number of aryl methyl sites for hydroxylation is 2. The van der Waals surface area contributed by atoms with Gasteiger partial charge in [0.1, 0.15) is 5.76 Å². The zero-order valence-electron chi connectivity index (χ0n) is 13.9. The summed E-state index contributed by atoms with van der Waals surface area (Å²) in [6.07, 6.45) is 0. The summed E-state index contributed by atoms with van der Waals surface area (Å²) >= 11 is 0. The molecule has 0 unspecified atom stereocenters. The van der Waals surface area contributed by atoms with Crippen LogP contribution in [0.25, 0.3) is 22.2 Å². The summed E-state index contributed by atoms with van der Waals surface area (Å²) in [5.74, 6) is 0.276. The predicted molar refractivity (Wildman–Crippen MR) is 95.4 cm³/mol. The fraction of sp³-hybridized carbons (Fsp3) is 0.158. The molecule has 2 N–H and O–H groups in total. The van der Waals surface area contributed by atoms with Gasteiger partial charge in [0.15, 0.2) is 5.58 Å². The van der Waals surface area contributed by atoms with E-state index in [0.717, 1.165) is 22.4 Å². The molecule has 25 heavy (non-hydrogen) atoms. The average Bonchev–Trinajstić information content (AvgIpc) is 3.09. The smallest absolute Gasteiger partial charge is 0.405 e. The number of nitrogens with zero attached hydrogens (tertiary/aromatic N) is 2. The number of anilines is 1. The third-order valence-electron chi connectivity index (χ3n) is 4.30. The first kappa shape index (κ1) is 15.3. The van der Waals surface area contributed by atoms with E-state index in [2.05, 4.69) is 5.16 Å². The first-order chi connectivity index (χ1) is 12.0. The van der Waals surface area contributed by atoms with E-state index in [9.17, 15) is 4.79 Å². The van der Waals surface area contributed by atoms with Gasteiger partial charge in [-0.1, -0.05) is 35.5 Å². The zero-order chi connectivity index (χ0) is 17.6. The number of rotatable bonds is 3. The Balaban J connectivity index is 1.93. The Kier molecular flexibility index (Phi) is 3.46. The highest BCUT2D eigenvalue weighted by molar-refractivity contribution is 5.91. The highest BCUT2D eigenvalue weighted by atomic mass is 16.5. The SMILES string of the molecule is Cc1noc(C)c1-c1cc(N)c2oc(=O)n(Cc3ccccc3)c2c1. The highest BCUT2D eigenvalue weighted by Gasteiger charge is 2.18. The Morgan fingerprint density at radius 3 is 2.60 bits per heavy atom. The van der Waals surface area contributed by atoms with Crippen LogP contribution in [0.3, 0.4) is 0 Å². The maximum Gasteiger partial charge on any atom is 0.420 e. The zero-order valence-corrected chi connectivity index (χ0v) is 13.9. The summed E-state index contributed by atoms with van der Waals surface area (Å²) in [5.41, 5.74) is 11.1. The summed E-state index contributed by atoms with van der Waals surface area (Å²) in [6.45, 7) is 4.14. The number of hydrogen-bond donors (Lipinski definition) is 1. The van der Waals surface area contributed by atoms with Gasteiger partial charge < -0.3 is 14.7 Å². The molecule has 2 aromatic heterocycles. The minimum absolute atomic E-state index is 0.399. The van der Waals surface area contributed by atoms with Crippen molar-refractivity contribution in [1.29, 1.82) is 0 Å². The second-order valence-corrected chi connectivity index (χ2v) is 6.05. The molecule has 126 valence electrons. The van der Waals surface area contributed by atoms with E-state index in [0.29, 0.717) is 29.1 Å². The van der Waals surface area contributed by atoms with Crippen LogP contribution in [-0.2, 0) is 6.54 Å². The summed E-state index contributed by atoms with van der Waals surface area (Å²) < 4.78 is 12.2. The molecule has 0 amide bonds. The van der Waals surface area contributed by atoms with Gasteiger partial charge >= 0.3 is 5.76 Å². The molecule has 4 rings (SSSR count). The lowest BCUT2D eigenvalue weighted by molar-refractivity contribution is 0.393. The van der Waals surface area contributed by atoms with Gasteiger partial charge in [0, 0.05) is 5.56 Å². The fourth-order valence-electron chi connectivity index (χ4n) is 3.14. The number of nitrogen functional groups attached to an aromatic ring is 1. The highest BCUT2D eigenvalue weighted by Crippen LogP contribution is 2.32. The van der Waals surface area contributed by atoms with Crippen LogP contribution in [0.1, 0.15) is 17.0 Å². The lowest BCUT2D eigenvalue weighted by Gasteiger charge is -2.06. The topological polar surface area (TPSA) is 87.2 Å². The van der Waals surface area contributed by atoms with Crippen molar-refractivity contribution in [2.24, 2.45) is 0 Å². The molecular weight excluding hydrogens is 318 g/mol. The predicted octanol–water partition coefficient (Wildman–Crippen LogP) is 3.50. The molecule has 0 bridgehead atoms. The van der Waals surface area contributed by atoms with Gasteiger partial charge in [-0.05, 0) is 37.1 Å². The van der Waals surface area contributed by atoms with Crippen molar-refractivity contribution in [3.05, 3.63) is 70.0 Å². The van der Waals surface area contributed by atoms with Crippen LogP contribution in [-0.4, -0.2) is 9.72 Å². The van der Waals surface area contributed by atoms with Crippen molar-refractivity contribution in [3.63, 3.8) is 0 Å². The Hall–Kier alpha value is -3.28. The second kappa shape index (κ2) is 5.66. The molecule has 0 saturated heterocycles. The number of aromatic nitrogens is 2. The Labute approximate surface area is 143 Å². The molecule has 2 aromatic carbocycles. The molecule has 0 aliphatic carbocycles. The van der Waals surface area contributed by atoms with E-state index in [1.165, 1.54) is 0 Å². The standard InChI is InChI=1S/C19H17N3O3/c1-11-17(12(2)25-21-11)14-8-15(20)18-16(9-14)22(19(23)24-18)10-13-6-4-3-5-7-13/h3-9H,10,20H2,1-2H3. The van der Waals surface area contributed by atoms with Gasteiger partial charge in [0.25, 0.3) is 0 Å². The minimum atomic E-state index is -0.429. The second-order valence-electron chi connectivity index (χ2n) is 6.05. The Morgan fingerprint density at radius 2 is 1.92 bits per heavy atom. The lowest BCUT2D eigenvalue weighted by Crippen LogP contribution is -2.14. The number of nitrogens with two attached hydrogens (primary N) is 1. The van der Waals surface area contributed by atoms with Crippen molar-refractivity contribution in [1.82, 2.24) is 9.72 Å².